The van der Waals surface area contributed by atoms with E-state index in [2.05, 4.69) is 0 Å². The smallest absolute Gasteiger partial charge is 0.461 e. The Balaban J connectivity index is 1.50. The molecule has 4 atom stereocenters. The number of hydrogen-bond donors (Lipinski definition) is 0. The molecule has 4 unspecified atom stereocenters. The third kappa shape index (κ3) is 3.82. The topological polar surface area (TPSA) is 54.0 Å². The largest absolute Gasteiger partial charge is 0.503 e. The summed E-state index contributed by atoms with van der Waals surface area (Å²) < 4.78 is 22.5. The molecule has 25 heavy (non-hydrogen) atoms. The van der Waals surface area contributed by atoms with Crippen LogP contribution >= 0.6 is 0 Å². The van der Waals surface area contributed by atoms with Crippen LogP contribution in [-0.4, -0.2) is 36.1 Å². The number of carbonyl (C=O) groups is 1. The van der Waals surface area contributed by atoms with Gasteiger partial charge in [0.15, 0.2) is 0 Å². The van der Waals surface area contributed by atoms with Gasteiger partial charge in [0.1, 0.15) is 6.61 Å². The zero-order chi connectivity index (χ0) is 17.9. The highest BCUT2D eigenvalue weighted by Crippen LogP contribution is 2.59. The van der Waals surface area contributed by atoms with Gasteiger partial charge in [-0.25, -0.2) is 0 Å². The second kappa shape index (κ2) is 7.99. The lowest BCUT2D eigenvalue weighted by Crippen LogP contribution is -2.49. The first-order valence-electron chi connectivity index (χ1n) is 8.96. The highest BCUT2D eigenvalue weighted by Gasteiger charge is 2.59. The lowest BCUT2D eigenvalue weighted by molar-refractivity contribution is -0.146. The number of benzene rings is 1. The molecule has 138 valence electrons. The van der Waals surface area contributed by atoms with Gasteiger partial charge in [-0.15, -0.1) is 0 Å². The molecule has 3 rings (SSSR count). The zero-order valence-electron chi connectivity index (χ0n) is 15.3. The van der Waals surface area contributed by atoms with Gasteiger partial charge in [0, 0.05) is 33.3 Å². The highest BCUT2D eigenvalue weighted by atomic mass is 28.4. The lowest BCUT2D eigenvalue weighted by atomic mass is 9.86. The molecule has 5 nitrogen and oxygen atoms in total. The number of hydrogen-bond acceptors (Lipinski definition) is 5. The maximum atomic E-state index is 12.2. The molecule has 0 aliphatic heterocycles. The highest BCUT2D eigenvalue weighted by molar-refractivity contribution is 6.62. The van der Waals surface area contributed by atoms with Crippen LogP contribution in [-0.2, 0) is 29.4 Å². The Morgan fingerprint density at radius 1 is 1.00 bits per heavy atom. The third-order valence-electron chi connectivity index (χ3n) is 5.98. The normalized spacial score (nSPS) is 28.3. The summed E-state index contributed by atoms with van der Waals surface area (Å²) in [4.78, 5) is 12.2. The average molecular weight is 365 g/mol. The van der Waals surface area contributed by atoms with Crippen LogP contribution in [0.4, 0.5) is 0 Å². The molecule has 6 heteroatoms. The summed E-state index contributed by atoms with van der Waals surface area (Å²) in [5, 5.41) is 0. The first-order chi connectivity index (χ1) is 12.1. The van der Waals surface area contributed by atoms with Gasteiger partial charge in [-0.1, -0.05) is 30.3 Å². The molecule has 0 saturated heterocycles. The standard InChI is InChI=1S/C19H28O5Si/c1-21-25(22-2,23-3)18-11-15-9-17(18)10-16(15)12-19(20)24-13-14-7-5-4-6-8-14/h4-8,15-18H,9-13H2,1-3H3. The van der Waals surface area contributed by atoms with Crippen molar-refractivity contribution in [2.24, 2.45) is 17.8 Å². The molecule has 2 bridgehead atoms. The summed E-state index contributed by atoms with van der Waals surface area (Å²) in [6, 6.07) is 9.81. The molecule has 1 aromatic carbocycles. The zero-order valence-corrected chi connectivity index (χ0v) is 16.3. The average Bonchev–Trinajstić information content (AvgIpc) is 3.24. The number of ether oxygens (including phenoxy) is 1. The first-order valence-corrected chi connectivity index (χ1v) is 10.8. The van der Waals surface area contributed by atoms with E-state index in [0.717, 1.165) is 24.8 Å². The molecule has 2 aliphatic rings. The predicted octanol–water partition coefficient (Wildman–Crippen LogP) is 3.41. The van der Waals surface area contributed by atoms with Crippen molar-refractivity contribution in [3.63, 3.8) is 0 Å². The van der Waals surface area contributed by atoms with E-state index in [4.69, 9.17) is 18.0 Å². The SMILES string of the molecule is CO[Si](OC)(OC)C1CC2CC1CC2CC(=O)OCc1ccccc1. The first kappa shape index (κ1) is 18.6. The van der Waals surface area contributed by atoms with Gasteiger partial charge < -0.3 is 18.0 Å². The minimum atomic E-state index is -2.58. The molecular formula is C19H28O5Si. The van der Waals surface area contributed by atoms with Gasteiger partial charge in [0.2, 0.25) is 0 Å². The van der Waals surface area contributed by atoms with Crippen molar-refractivity contribution in [3.8, 4) is 0 Å². The molecule has 0 spiro atoms. The number of rotatable bonds is 8. The maximum absolute atomic E-state index is 12.2. The van der Waals surface area contributed by atoms with Crippen molar-refractivity contribution in [1.82, 2.24) is 0 Å². The van der Waals surface area contributed by atoms with E-state index in [0.29, 0.717) is 36.3 Å². The summed E-state index contributed by atoms with van der Waals surface area (Å²) >= 11 is 0. The van der Waals surface area contributed by atoms with Crippen LogP contribution in [0.3, 0.4) is 0 Å². The molecule has 0 heterocycles. The van der Waals surface area contributed by atoms with Crippen molar-refractivity contribution in [1.29, 1.82) is 0 Å². The number of fused-ring (bicyclic) bond motifs is 2. The van der Waals surface area contributed by atoms with Gasteiger partial charge in [0.05, 0.1) is 0 Å². The number of carbonyl (C=O) groups excluding carboxylic acids is 1. The Morgan fingerprint density at radius 3 is 2.24 bits per heavy atom. The van der Waals surface area contributed by atoms with E-state index in [1.165, 1.54) is 0 Å². The summed E-state index contributed by atoms with van der Waals surface area (Å²) in [6.45, 7) is 0.357. The van der Waals surface area contributed by atoms with E-state index < -0.39 is 8.80 Å². The van der Waals surface area contributed by atoms with Crippen LogP contribution in [0.1, 0.15) is 31.2 Å². The fourth-order valence-electron chi connectivity index (χ4n) is 4.79. The molecule has 2 saturated carbocycles. The molecule has 0 aromatic heterocycles. The van der Waals surface area contributed by atoms with Crippen LogP contribution in [0.5, 0.6) is 0 Å². The van der Waals surface area contributed by atoms with Crippen LogP contribution in [0, 0.1) is 17.8 Å². The second-order valence-corrected chi connectivity index (χ2v) is 10.3. The summed E-state index contributed by atoms with van der Waals surface area (Å²) in [5.41, 5.74) is 1.38. The van der Waals surface area contributed by atoms with Gasteiger partial charge in [-0.3, -0.25) is 4.79 Å². The Bertz CT molecular complexity index is 566. The monoisotopic (exact) mass is 364 g/mol. The van der Waals surface area contributed by atoms with Crippen LogP contribution < -0.4 is 0 Å². The van der Waals surface area contributed by atoms with Crippen molar-refractivity contribution < 1.29 is 22.8 Å². The Hall–Kier alpha value is -1.21. The van der Waals surface area contributed by atoms with Gasteiger partial charge in [-0.2, -0.15) is 0 Å². The van der Waals surface area contributed by atoms with Gasteiger partial charge in [-0.05, 0) is 42.6 Å². The van der Waals surface area contributed by atoms with Crippen LogP contribution in [0.25, 0.3) is 0 Å². The van der Waals surface area contributed by atoms with E-state index >= 15 is 0 Å². The maximum Gasteiger partial charge on any atom is 0.503 e. The molecule has 2 aliphatic carbocycles. The lowest BCUT2D eigenvalue weighted by Gasteiger charge is -2.36. The van der Waals surface area contributed by atoms with Gasteiger partial charge in [0.25, 0.3) is 0 Å². The fraction of sp³-hybridized carbons (Fsp3) is 0.632. The van der Waals surface area contributed by atoms with E-state index in [1.807, 2.05) is 30.3 Å². The van der Waals surface area contributed by atoms with Crippen molar-refractivity contribution in [2.75, 3.05) is 21.3 Å². The summed E-state index contributed by atoms with van der Waals surface area (Å²) in [7, 11) is 2.47. The second-order valence-electron chi connectivity index (χ2n) is 7.16. The summed E-state index contributed by atoms with van der Waals surface area (Å²) in [6.07, 6.45) is 3.73. The Kier molecular flexibility index (Phi) is 5.94. The molecule has 2 fully saturated rings. The number of esters is 1. The predicted molar refractivity (Wildman–Crippen MR) is 95.7 cm³/mol. The van der Waals surface area contributed by atoms with Crippen LogP contribution in [0.15, 0.2) is 30.3 Å². The molecule has 0 amide bonds. The van der Waals surface area contributed by atoms with E-state index in [1.54, 1.807) is 21.3 Å². The molecular weight excluding hydrogens is 336 g/mol. The minimum absolute atomic E-state index is 0.0910. The van der Waals surface area contributed by atoms with Crippen molar-refractivity contribution >= 4 is 14.8 Å². The Morgan fingerprint density at radius 2 is 1.68 bits per heavy atom. The molecule has 1 aromatic rings. The molecule has 0 radical (unpaired) electrons. The minimum Gasteiger partial charge on any atom is -0.461 e. The van der Waals surface area contributed by atoms with Gasteiger partial charge >= 0.3 is 14.8 Å². The third-order valence-corrected chi connectivity index (χ3v) is 9.31. The Labute approximate surface area is 151 Å². The van der Waals surface area contributed by atoms with E-state index in [9.17, 15) is 4.79 Å². The van der Waals surface area contributed by atoms with Crippen LogP contribution in [0.2, 0.25) is 5.54 Å². The fourth-order valence-corrected chi connectivity index (χ4v) is 7.64. The van der Waals surface area contributed by atoms with E-state index in [-0.39, 0.29) is 5.97 Å². The van der Waals surface area contributed by atoms with Crippen molar-refractivity contribution in [3.05, 3.63) is 35.9 Å². The molecule has 0 N–H and O–H groups in total. The quantitative estimate of drug-likeness (QED) is 0.523. The summed E-state index contributed by atoms with van der Waals surface area (Å²) in [5.74, 6) is 1.41. The van der Waals surface area contributed by atoms with Crippen molar-refractivity contribution in [2.45, 2.75) is 37.8 Å².